The smallest absolute Gasteiger partial charge is 0.104 e. The largest absolute Gasteiger partial charge is 0.378 e. The zero-order chi connectivity index (χ0) is 14.4. The lowest BCUT2D eigenvalue weighted by Gasteiger charge is -1.99. The molecule has 2 rings (SSSR count). The first-order chi connectivity index (χ1) is 9.72. The molecule has 0 saturated heterocycles. The van der Waals surface area contributed by atoms with Gasteiger partial charge in [0.05, 0.1) is 18.1 Å². The molecule has 0 amide bonds. The van der Waals surface area contributed by atoms with Crippen LogP contribution in [-0.4, -0.2) is 19.1 Å². The van der Waals surface area contributed by atoms with Crippen LogP contribution in [0.4, 0.5) is 0 Å². The van der Waals surface area contributed by atoms with E-state index in [1.54, 1.807) is 30.2 Å². The Kier molecular flexibility index (Phi) is 6.51. The van der Waals surface area contributed by atoms with Crippen molar-refractivity contribution in [1.82, 2.24) is 10.3 Å². The number of hydrogen-bond acceptors (Lipinski definition) is 5. The first-order valence-corrected chi connectivity index (χ1v) is 8.81. The Bertz CT molecular complexity index is 536. The Hall–Kier alpha value is -0.400. The number of hydrogen-bond donors (Lipinski definition) is 1. The minimum absolute atomic E-state index is 0.578. The van der Waals surface area contributed by atoms with E-state index in [2.05, 4.69) is 44.4 Å². The second-order valence-corrected chi connectivity index (χ2v) is 7.32. The van der Waals surface area contributed by atoms with Crippen LogP contribution in [0.3, 0.4) is 0 Å². The monoisotopic (exact) mass is 372 g/mol. The van der Waals surface area contributed by atoms with Crippen LogP contribution in [0, 0.1) is 0 Å². The van der Waals surface area contributed by atoms with Crippen LogP contribution in [0.25, 0.3) is 0 Å². The summed E-state index contributed by atoms with van der Waals surface area (Å²) in [6, 6.07) is 8.34. The molecule has 0 bridgehead atoms. The normalized spacial score (nSPS) is 10.9. The number of aromatic nitrogens is 1. The van der Waals surface area contributed by atoms with Crippen LogP contribution in [-0.2, 0) is 23.6 Å². The Morgan fingerprint density at radius 3 is 3.00 bits per heavy atom. The molecule has 0 aliphatic carbocycles. The fourth-order valence-corrected chi connectivity index (χ4v) is 4.33. The molecule has 0 unspecified atom stereocenters. The maximum absolute atomic E-state index is 5.21. The number of benzene rings is 1. The second kappa shape index (κ2) is 8.14. The lowest BCUT2D eigenvalue weighted by molar-refractivity contribution is 0.181. The van der Waals surface area contributed by atoms with Crippen LogP contribution < -0.4 is 5.32 Å². The number of ether oxygens (including phenoxy) is 1. The number of nitrogens with zero attached hydrogens (tertiary/aromatic N) is 1. The summed E-state index contributed by atoms with van der Waals surface area (Å²) in [6.45, 7) is 1.42. The maximum atomic E-state index is 5.21. The molecule has 0 spiro atoms. The van der Waals surface area contributed by atoms with E-state index >= 15 is 0 Å². The molecule has 0 atom stereocenters. The predicted octanol–water partition coefficient (Wildman–Crippen LogP) is 4.06. The van der Waals surface area contributed by atoms with Gasteiger partial charge in [-0.25, -0.2) is 4.98 Å². The molecule has 0 aliphatic heterocycles. The van der Waals surface area contributed by atoms with E-state index in [1.807, 2.05) is 13.1 Å². The molecular weight excluding hydrogens is 356 g/mol. The fraction of sp³-hybridized carbons (Fsp3) is 0.357. The van der Waals surface area contributed by atoms with Crippen molar-refractivity contribution >= 4 is 39.0 Å². The second-order valence-electron chi connectivity index (χ2n) is 4.19. The highest BCUT2D eigenvalue weighted by atomic mass is 79.9. The summed E-state index contributed by atoms with van der Waals surface area (Å²) in [5, 5.41) is 4.32. The van der Waals surface area contributed by atoms with Crippen molar-refractivity contribution in [2.45, 2.75) is 23.8 Å². The van der Waals surface area contributed by atoms with Crippen LogP contribution in [0.5, 0.6) is 0 Å². The van der Waals surface area contributed by atoms with E-state index in [0.717, 1.165) is 27.5 Å². The molecule has 6 heteroatoms. The first kappa shape index (κ1) is 16.0. The molecule has 0 aliphatic rings. The van der Waals surface area contributed by atoms with Crippen LogP contribution in [0.15, 0.2) is 33.6 Å². The zero-order valence-corrected chi connectivity index (χ0v) is 14.7. The van der Waals surface area contributed by atoms with Crippen molar-refractivity contribution in [3.8, 4) is 0 Å². The summed E-state index contributed by atoms with van der Waals surface area (Å²) < 4.78 is 6.32. The van der Waals surface area contributed by atoms with Gasteiger partial charge in [0.2, 0.25) is 0 Å². The van der Waals surface area contributed by atoms with Crippen LogP contribution in [0.2, 0.25) is 0 Å². The van der Waals surface area contributed by atoms with Gasteiger partial charge in [0.25, 0.3) is 0 Å². The summed E-state index contributed by atoms with van der Waals surface area (Å²) in [6.07, 6.45) is 0. The highest BCUT2D eigenvalue weighted by Crippen LogP contribution is 2.28. The molecule has 20 heavy (non-hydrogen) atoms. The topological polar surface area (TPSA) is 34.2 Å². The fourth-order valence-electron chi connectivity index (χ4n) is 1.75. The van der Waals surface area contributed by atoms with Gasteiger partial charge in [-0.1, -0.05) is 22.0 Å². The van der Waals surface area contributed by atoms with Crippen molar-refractivity contribution in [3.05, 3.63) is 44.3 Å². The number of thiazole rings is 1. The SMILES string of the molecule is CNCc1sc(CSc2cccc(Br)c2)nc1COC. The lowest BCUT2D eigenvalue weighted by atomic mass is 10.4. The number of halogens is 1. The van der Waals surface area contributed by atoms with Crippen molar-refractivity contribution in [2.24, 2.45) is 0 Å². The quantitative estimate of drug-likeness (QED) is 0.742. The summed E-state index contributed by atoms with van der Waals surface area (Å²) in [5.74, 6) is 0.890. The number of nitrogens with one attached hydrogen (secondary N) is 1. The van der Waals surface area contributed by atoms with Gasteiger partial charge in [0.1, 0.15) is 5.01 Å². The van der Waals surface area contributed by atoms with Crippen LogP contribution in [0.1, 0.15) is 15.6 Å². The number of methoxy groups -OCH3 is 1. The maximum Gasteiger partial charge on any atom is 0.104 e. The van der Waals surface area contributed by atoms with Gasteiger partial charge in [0, 0.05) is 27.9 Å². The first-order valence-electron chi connectivity index (χ1n) is 6.22. The van der Waals surface area contributed by atoms with Gasteiger partial charge in [-0.05, 0) is 25.2 Å². The van der Waals surface area contributed by atoms with E-state index in [4.69, 9.17) is 4.74 Å². The molecule has 0 radical (unpaired) electrons. The van der Waals surface area contributed by atoms with Gasteiger partial charge in [-0.3, -0.25) is 0 Å². The van der Waals surface area contributed by atoms with E-state index < -0.39 is 0 Å². The molecule has 1 N–H and O–H groups in total. The van der Waals surface area contributed by atoms with Gasteiger partial charge in [-0.2, -0.15) is 0 Å². The summed E-state index contributed by atoms with van der Waals surface area (Å²) in [7, 11) is 3.66. The van der Waals surface area contributed by atoms with E-state index in [-0.39, 0.29) is 0 Å². The minimum atomic E-state index is 0.578. The third kappa shape index (κ3) is 4.56. The highest BCUT2D eigenvalue weighted by Gasteiger charge is 2.10. The molecular formula is C14H17BrN2OS2. The molecule has 2 aromatic rings. The standard InChI is InChI=1S/C14H17BrN2OS2/c1-16-7-13-12(8-18-2)17-14(20-13)9-19-11-5-3-4-10(15)6-11/h3-6,16H,7-9H2,1-2H3. The van der Waals surface area contributed by atoms with Crippen LogP contribution >= 0.6 is 39.0 Å². The highest BCUT2D eigenvalue weighted by molar-refractivity contribution is 9.10. The summed E-state index contributed by atoms with van der Waals surface area (Å²) in [5.41, 5.74) is 1.05. The summed E-state index contributed by atoms with van der Waals surface area (Å²) >= 11 is 7.06. The molecule has 0 fully saturated rings. The molecule has 1 heterocycles. The van der Waals surface area contributed by atoms with E-state index in [0.29, 0.717) is 6.61 Å². The van der Waals surface area contributed by atoms with E-state index in [9.17, 15) is 0 Å². The zero-order valence-electron chi connectivity index (χ0n) is 11.5. The van der Waals surface area contributed by atoms with Gasteiger partial charge in [0.15, 0.2) is 0 Å². The van der Waals surface area contributed by atoms with Crippen molar-refractivity contribution < 1.29 is 4.74 Å². The number of rotatable bonds is 7. The lowest BCUT2D eigenvalue weighted by Crippen LogP contribution is -2.06. The van der Waals surface area contributed by atoms with Gasteiger partial charge in [-0.15, -0.1) is 23.1 Å². The molecule has 0 saturated carbocycles. The van der Waals surface area contributed by atoms with E-state index in [1.165, 1.54) is 9.77 Å². The number of thioether (sulfide) groups is 1. The molecule has 3 nitrogen and oxygen atoms in total. The average Bonchev–Trinajstić information content (AvgIpc) is 2.80. The third-order valence-corrected chi connectivity index (χ3v) is 5.38. The summed E-state index contributed by atoms with van der Waals surface area (Å²) in [4.78, 5) is 7.19. The molecule has 1 aromatic heterocycles. The van der Waals surface area contributed by atoms with Gasteiger partial charge >= 0.3 is 0 Å². The Morgan fingerprint density at radius 1 is 1.45 bits per heavy atom. The van der Waals surface area contributed by atoms with Crippen molar-refractivity contribution in [1.29, 1.82) is 0 Å². The Morgan fingerprint density at radius 2 is 2.30 bits per heavy atom. The Labute approximate surface area is 136 Å². The molecule has 108 valence electrons. The predicted molar refractivity (Wildman–Crippen MR) is 89.3 cm³/mol. The third-order valence-electron chi connectivity index (χ3n) is 2.60. The van der Waals surface area contributed by atoms with Crippen molar-refractivity contribution in [2.75, 3.05) is 14.2 Å². The van der Waals surface area contributed by atoms with Crippen molar-refractivity contribution in [3.63, 3.8) is 0 Å². The Balaban J connectivity index is 2.03. The minimum Gasteiger partial charge on any atom is -0.378 e. The van der Waals surface area contributed by atoms with Gasteiger partial charge < -0.3 is 10.1 Å². The molecule has 1 aromatic carbocycles. The average molecular weight is 373 g/mol.